The van der Waals surface area contributed by atoms with E-state index in [1.165, 1.54) is 19.3 Å². The van der Waals surface area contributed by atoms with Gasteiger partial charge in [-0.2, -0.15) is 0 Å². The number of nitrogens with zero attached hydrogens (tertiary/aromatic N) is 4. The summed E-state index contributed by atoms with van der Waals surface area (Å²) >= 11 is 1.55. The standard InChI is InChI=1S/C43H55N9O3S/c1-25(35(45)50-38-48-30-11-7-8-12-31(30)56-38)27-10-9-15-52(36(27)46)32-14-13-28-33(29(44)18-54-37(53)34(28)49-32)26(2)47-24-41-19-39(3)21-42(55-17-16-51(5)6)22-40(4,20-41)43(39,42)23-41/h7-8,11-14,44,47H,9-10,15-24,45-46H2,1-6H3,(H,48,50)/b33-26-,35-25+,44-29?/t39-,40+,41-,42+,43?. The van der Waals surface area contributed by atoms with Gasteiger partial charge in [0.2, 0.25) is 0 Å². The number of nitrogens with one attached hydrogen (secondary N) is 3. The molecule has 0 amide bonds. The Kier molecular flexibility index (Phi) is 8.47. The molecule has 7 N–H and O–H groups in total. The SMILES string of the molecule is C/C(NC[C@@]12CC34[C@@](C)(C1)C[C@@]3(OCCN(C)C)C[C@@]4(C)C2)=C1/C(=N)COC(=O)c2nc(N3CCCC(/C(C)=C(\N)Nc4nc5ccccc5s4)=C3N)ccc21. The Morgan fingerprint density at radius 3 is 2.55 bits per heavy atom. The average molecular weight is 778 g/mol. The summed E-state index contributed by atoms with van der Waals surface area (Å²) in [5, 5.41) is 16.8. The van der Waals surface area contributed by atoms with Crippen LogP contribution in [0, 0.1) is 27.1 Å². The lowest BCUT2D eigenvalue weighted by Gasteiger charge is -2.82. The van der Waals surface area contributed by atoms with E-state index in [1.54, 1.807) is 11.3 Å². The van der Waals surface area contributed by atoms with Crippen LogP contribution >= 0.6 is 11.3 Å². The van der Waals surface area contributed by atoms with Gasteiger partial charge in [-0.3, -0.25) is 0 Å². The van der Waals surface area contributed by atoms with E-state index in [-0.39, 0.29) is 34.4 Å². The van der Waals surface area contributed by atoms with E-state index < -0.39 is 5.97 Å². The summed E-state index contributed by atoms with van der Waals surface area (Å²) in [6.07, 6.45) is 7.44. The number of carbonyl (C=O) groups excluding carboxylic acids is 1. The van der Waals surface area contributed by atoms with Gasteiger partial charge in [0.15, 0.2) is 10.8 Å². The Balaban J connectivity index is 0.962. The number of nitrogens with two attached hydrogens (primary N) is 2. The third-order valence-electron chi connectivity index (χ3n) is 14.5. The predicted molar refractivity (Wildman–Crippen MR) is 222 cm³/mol. The number of cyclic esters (lactones) is 1. The van der Waals surface area contributed by atoms with Crippen LogP contribution in [0.2, 0.25) is 0 Å². The predicted octanol–water partition coefficient (Wildman–Crippen LogP) is 6.58. The van der Waals surface area contributed by atoms with Crippen LogP contribution in [-0.4, -0.2) is 79.1 Å². The molecule has 2 aromatic heterocycles. The van der Waals surface area contributed by atoms with Gasteiger partial charge in [0, 0.05) is 41.9 Å². The Morgan fingerprint density at radius 2 is 1.82 bits per heavy atom. The maximum absolute atomic E-state index is 13.5. The third-order valence-corrected chi connectivity index (χ3v) is 15.4. The Hall–Kier alpha value is -4.46. The molecule has 13 heteroatoms. The lowest BCUT2D eigenvalue weighted by molar-refractivity contribution is -0.397. The highest BCUT2D eigenvalue weighted by atomic mass is 32.1. The molecule has 4 heterocycles. The van der Waals surface area contributed by atoms with Crippen molar-refractivity contribution in [2.24, 2.45) is 33.1 Å². The number of aromatic nitrogens is 2. The number of thiazole rings is 1. The number of ether oxygens (including phenoxy) is 2. The number of esters is 1. The molecule has 2 aliphatic heterocycles. The minimum Gasteiger partial charge on any atom is -0.454 e. The monoisotopic (exact) mass is 777 g/mol. The van der Waals surface area contributed by atoms with Crippen LogP contribution in [0.4, 0.5) is 10.9 Å². The average Bonchev–Trinajstić information content (AvgIpc) is 3.72. The number of hydrogen-bond donors (Lipinski definition) is 5. The maximum atomic E-state index is 13.5. The van der Waals surface area contributed by atoms with Crippen molar-refractivity contribution in [2.75, 3.05) is 57.2 Å². The van der Waals surface area contributed by atoms with Crippen LogP contribution in [0.1, 0.15) is 88.7 Å². The minimum atomic E-state index is -0.543. The van der Waals surface area contributed by atoms with Gasteiger partial charge in [0.1, 0.15) is 24.1 Å². The van der Waals surface area contributed by atoms with Gasteiger partial charge in [0.25, 0.3) is 0 Å². The summed E-state index contributed by atoms with van der Waals surface area (Å²) in [7, 11) is 4.22. The molecule has 4 saturated carbocycles. The van der Waals surface area contributed by atoms with Gasteiger partial charge in [-0.15, -0.1) is 0 Å². The summed E-state index contributed by atoms with van der Waals surface area (Å²) in [5.41, 5.74) is 19.8. The highest BCUT2D eigenvalue weighted by molar-refractivity contribution is 7.22. The number of likely N-dealkylation sites (N-methyl/N-ethyl adjacent to an activating group) is 1. The van der Waals surface area contributed by atoms with Crippen molar-refractivity contribution in [3.63, 3.8) is 0 Å². The van der Waals surface area contributed by atoms with Crippen LogP contribution in [0.5, 0.6) is 0 Å². The van der Waals surface area contributed by atoms with Gasteiger partial charge in [-0.1, -0.05) is 37.3 Å². The zero-order chi connectivity index (χ0) is 39.4. The second-order valence-electron chi connectivity index (χ2n) is 18.3. The van der Waals surface area contributed by atoms with E-state index in [4.69, 9.17) is 31.3 Å². The molecule has 1 spiro atoms. The maximum Gasteiger partial charge on any atom is 0.358 e. The molecule has 1 unspecified atom stereocenters. The summed E-state index contributed by atoms with van der Waals surface area (Å²) in [6.45, 7) is 12.1. The first-order chi connectivity index (χ1) is 26.6. The molecule has 0 radical (unpaired) electrons. The number of fused-ring (bicyclic) bond motifs is 3. The van der Waals surface area contributed by atoms with Crippen molar-refractivity contribution in [2.45, 2.75) is 78.2 Å². The van der Waals surface area contributed by atoms with Crippen molar-refractivity contribution in [1.29, 1.82) is 5.41 Å². The molecular weight excluding hydrogens is 723 g/mol. The van der Waals surface area contributed by atoms with Crippen molar-refractivity contribution in [1.82, 2.24) is 20.2 Å². The lowest BCUT2D eigenvalue weighted by Crippen LogP contribution is -2.82. The van der Waals surface area contributed by atoms with Gasteiger partial charge >= 0.3 is 5.97 Å². The Morgan fingerprint density at radius 1 is 1.07 bits per heavy atom. The van der Waals surface area contributed by atoms with Crippen LogP contribution in [0.15, 0.2) is 64.9 Å². The van der Waals surface area contributed by atoms with E-state index in [2.05, 4.69) is 48.5 Å². The fourth-order valence-corrected chi connectivity index (χ4v) is 13.7. The van der Waals surface area contributed by atoms with Crippen LogP contribution in [-0.2, 0) is 9.47 Å². The second-order valence-corrected chi connectivity index (χ2v) is 19.3. The molecule has 2 bridgehead atoms. The van der Waals surface area contributed by atoms with Crippen LogP contribution < -0.4 is 27.0 Å². The highest BCUT2D eigenvalue weighted by Crippen LogP contribution is 2.95. The molecule has 56 heavy (non-hydrogen) atoms. The summed E-state index contributed by atoms with van der Waals surface area (Å²) < 4.78 is 13.5. The number of carbonyl (C=O) groups is 1. The van der Waals surface area contributed by atoms with Gasteiger partial charge < -0.3 is 46.8 Å². The molecule has 4 fully saturated rings. The molecule has 0 saturated heterocycles. The molecule has 9 rings (SSSR count). The molecule has 3 aromatic rings. The highest BCUT2D eigenvalue weighted by Gasteiger charge is 2.93. The third kappa shape index (κ3) is 5.29. The van der Waals surface area contributed by atoms with Crippen LogP contribution in [0.25, 0.3) is 15.8 Å². The first-order valence-electron chi connectivity index (χ1n) is 20.0. The van der Waals surface area contributed by atoms with Gasteiger partial charge in [-0.05, 0) is 125 Å². The minimum absolute atomic E-state index is 0.0189. The number of para-hydroxylation sites is 1. The normalized spacial score (nSPS) is 33.0. The largest absolute Gasteiger partial charge is 0.454 e. The van der Waals surface area contributed by atoms with E-state index in [1.807, 2.05) is 55.1 Å². The lowest BCUT2D eigenvalue weighted by atomic mass is 9.25. The van der Waals surface area contributed by atoms with E-state index in [9.17, 15) is 4.79 Å². The number of rotatable bonds is 11. The van der Waals surface area contributed by atoms with E-state index >= 15 is 0 Å². The summed E-state index contributed by atoms with van der Waals surface area (Å²) in [5.74, 6) is 1.04. The summed E-state index contributed by atoms with van der Waals surface area (Å²) in [4.78, 5) is 27.2. The molecular formula is C43H55N9O3S. The molecule has 1 aromatic carbocycles. The van der Waals surface area contributed by atoms with Crippen LogP contribution in [0.3, 0.4) is 0 Å². The zero-order valence-electron chi connectivity index (χ0n) is 33.5. The molecule has 5 atom stereocenters. The number of pyridine rings is 1. The van der Waals surface area contributed by atoms with Crippen molar-refractivity contribution in [3.8, 4) is 0 Å². The molecule has 296 valence electrons. The number of anilines is 2. The van der Waals surface area contributed by atoms with Crippen molar-refractivity contribution in [3.05, 3.63) is 76.1 Å². The number of hydrogen-bond acceptors (Lipinski definition) is 13. The Labute approximate surface area is 333 Å². The van der Waals surface area contributed by atoms with Gasteiger partial charge in [0.05, 0.1) is 28.1 Å². The smallest absolute Gasteiger partial charge is 0.358 e. The molecule has 12 nitrogen and oxygen atoms in total. The second kappa shape index (κ2) is 12.8. The zero-order valence-corrected chi connectivity index (χ0v) is 34.3. The van der Waals surface area contributed by atoms with Crippen molar-refractivity contribution < 1.29 is 14.3 Å². The van der Waals surface area contributed by atoms with E-state index in [0.29, 0.717) is 46.0 Å². The quantitative estimate of drug-likeness (QED) is 0.133. The fraction of sp³-hybridized carbons (Fsp3) is 0.535. The number of allylic oxidation sites excluding steroid dienone is 3. The molecule has 4 aliphatic carbocycles. The topological polar surface area (TPSA) is 168 Å². The fourth-order valence-electron chi connectivity index (χ4n) is 12.8. The molecule has 6 aliphatic rings. The first-order valence-corrected chi connectivity index (χ1v) is 20.8. The Bertz CT molecular complexity index is 2220. The number of benzene rings is 1. The van der Waals surface area contributed by atoms with E-state index in [0.717, 1.165) is 77.6 Å². The van der Waals surface area contributed by atoms with Gasteiger partial charge in [-0.25, -0.2) is 14.8 Å². The summed E-state index contributed by atoms with van der Waals surface area (Å²) in [6, 6.07) is 11.8. The first kappa shape index (κ1) is 37.1. The van der Waals surface area contributed by atoms with Crippen molar-refractivity contribution >= 4 is 49.8 Å².